The van der Waals surface area contributed by atoms with Crippen LogP contribution in [0.3, 0.4) is 0 Å². The van der Waals surface area contributed by atoms with Gasteiger partial charge in [-0.1, -0.05) is 19.3 Å². The summed E-state index contributed by atoms with van der Waals surface area (Å²) < 4.78 is 5.06. The molecule has 0 unspecified atom stereocenters. The van der Waals surface area contributed by atoms with Gasteiger partial charge in [0.15, 0.2) is 0 Å². The molecule has 1 saturated heterocycles. The van der Waals surface area contributed by atoms with Crippen molar-refractivity contribution in [3.63, 3.8) is 0 Å². The van der Waals surface area contributed by atoms with Gasteiger partial charge in [0.2, 0.25) is 11.8 Å². The fourth-order valence-corrected chi connectivity index (χ4v) is 3.30. The fourth-order valence-electron chi connectivity index (χ4n) is 3.30. The predicted molar refractivity (Wildman–Crippen MR) is 76.2 cm³/mol. The zero-order valence-corrected chi connectivity index (χ0v) is 12.8. The summed E-state index contributed by atoms with van der Waals surface area (Å²) in [6.45, 7) is 4.83. The third-order valence-electron chi connectivity index (χ3n) is 4.68. The van der Waals surface area contributed by atoms with Crippen LogP contribution in [0.1, 0.15) is 52.4 Å². The van der Waals surface area contributed by atoms with E-state index in [1.165, 1.54) is 0 Å². The maximum absolute atomic E-state index is 12.9. The first-order valence-electron chi connectivity index (χ1n) is 7.58. The molecule has 20 heavy (non-hydrogen) atoms. The van der Waals surface area contributed by atoms with Crippen LogP contribution >= 0.6 is 0 Å². The first-order valence-corrected chi connectivity index (χ1v) is 7.58. The molecule has 1 N–H and O–H groups in total. The van der Waals surface area contributed by atoms with Crippen LogP contribution < -0.4 is 5.32 Å². The first-order chi connectivity index (χ1) is 9.44. The molecule has 5 heteroatoms. The van der Waals surface area contributed by atoms with Crippen LogP contribution in [0.15, 0.2) is 0 Å². The van der Waals surface area contributed by atoms with Crippen LogP contribution in [0.2, 0.25) is 0 Å². The van der Waals surface area contributed by atoms with Crippen LogP contribution in [0, 0.1) is 0 Å². The summed E-state index contributed by atoms with van der Waals surface area (Å²) in [7, 11) is 1.65. The van der Waals surface area contributed by atoms with Gasteiger partial charge in [0.1, 0.15) is 11.1 Å². The lowest BCUT2D eigenvalue weighted by atomic mass is 9.76. The molecule has 1 aliphatic heterocycles. The molecule has 1 saturated carbocycles. The Balaban J connectivity index is 2.20. The number of rotatable bonds is 4. The Hall–Kier alpha value is -1.10. The van der Waals surface area contributed by atoms with E-state index in [9.17, 15) is 9.59 Å². The molecule has 1 spiro atoms. The van der Waals surface area contributed by atoms with Crippen molar-refractivity contribution >= 4 is 11.8 Å². The topological polar surface area (TPSA) is 58.6 Å². The van der Waals surface area contributed by atoms with Gasteiger partial charge in [-0.05, 0) is 33.1 Å². The predicted octanol–water partition coefficient (Wildman–Crippen LogP) is 1.46. The van der Waals surface area contributed by atoms with Crippen molar-refractivity contribution in [1.29, 1.82) is 0 Å². The molecular weight excluding hydrogens is 256 g/mol. The number of carbonyl (C=O) groups is 2. The van der Waals surface area contributed by atoms with Crippen molar-refractivity contribution in [2.45, 2.75) is 63.5 Å². The molecule has 1 aliphatic carbocycles. The number of methoxy groups -OCH3 is 1. The second-order valence-corrected chi connectivity index (χ2v) is 6.46. The van der Waals surface area contributed by atoms with Crippen LogP contribution in [0.4, 0.5) is 0 Å². The Morgan fingerprint density at radius 3 is 2.45 bits per heavy atom. The van der Waals surface area contributed by atoms with E-state index in [4.69, 9.17) is 4.74 Å². The summed E-state index contributed by atoms with van der Waals surface area (Å²) >= 11 is 0. The smallest absolute Gasteiger partial charge is 0.249 e. The van der Waals surface area contributed by atoms with Gasteiger partial charge in [-0.2, -0.15) is 0 Å². The highest BCUT2D eigenvalue weighted by Crippen LogP contribution is 2.36. The average Bonchev–Trinajstić information content (AvgIpc) is 2.42. The monoisotopic (exact) mass is 282 g/mol. The normalized spacial score (nSPS) is 24.9. The van der Waals surface area contributed by atoms with Gasteiger partial charge in [0.05, 0.1) is 0 Å². The third kappa shape index (κ3) is 2.55. The minimum Gasteiger partial charge on any atom is -0.385 e. The molecule has 5 nitrogen and oxygen atoms in total. The number of nitrogens with one attached hydrogen (secondary N) is 1. The summed E-state index contributed by atoms with van der Waals surface area (Å²) in [5.41, 5.74) is -1.41. The van der Waals surface area contributed by atoms with Crippen molar-refractivity contribution in [3.05, 3.63) is 0 Å². The third-order valence-corrected chi connectivity index (χ3v) is 4.68. The molecule has 2 amide bonds. The van der Waals surface area contributed by atoms with E-state index < -0.39 is 11.1 Å². The quantitative estimate of drug-likeness (QED) is 0.794. The molecule has 0 aromatic carbocycles. The van der Waals surface area contributed by atoms with E-state index in [2.05, 4.69) is 5.32 Å². The SMILES string of the molecule is COCCCN1C(=O)C2(CCCCC2)NC(=O)C1(C)C. The standard InChI is InChI=1S/C15H26N2O3/c1-14(2)12(18)16-15(8-5-4-6-9-15)13(19)17(14)10-7-11-20-3/h4-11H2,1-3H3,(H,16,18). The Kier molecular flexibility index (Phi) is 4.37. The minimum absolute atomic E-state index is 0.0311. The first kappa shape index (κ1) is 15.3. The van der Waals surface area contributed by atoms with Crippen LogP contribution in [0.25, 0.3) is 0 Å². The maximum Gasteiger partial charge on any atom is 0.249 e. The number of hydrogen-bond donors (Lipinski definition) is 1. The molecule has 0 aromatic rings. The number of amides is 2. The lowest BCUT2D eigenvalue weighted by molar-refractivity contribution is -0.163. The van der Waals surface area contributed by atoms with Crippen LogP contribution in [-0.2, 0) is 14.3 Å². The molecular formula is C15H26N2O3. The molecule has 114 valence electrons. The molecule has 0 atom stereocenters. The van der Waals surface area contributed by atoms with Gasteiger partial charge >= 0.3 is 0 Å². The molecule has 2 aliphatic rings. The molecule has 1 heterocycles. The van der Waals surface area contributed by atoms with E-state index >= 15 is 0 Å². The Morgan fingerprint density at radius 2 is 1.85 bits per heavy atom. The van der Waals surface area contributed by atoms with Gasteiger partial charge in [-0.15, -0.1) is 0 Å². The number of ether oxygens (including phenoxy) is 1. The van der Waals surface area contributed by atoms with Gasteiger partial charge in [-0.3, -0.25) is 9.59 Å². The van der Waals surface area contributed by atoms with Gasteiger partial charge < -0.3 is 15.0 Å². The number of nitrogens with zero attached hydrogens (tertiary/aromatic N) is 1. The highest BCUT2D eigenvalue weighted by atomic mass is 16.5. The second kappa shape index (κ2) is 5.72. The summed E-state index contributed by atoms with van der Waals surface area (Å²) in [6, 6.07) is 0. The van der Waals surface area contributed by atoms with E-state index in [0.29, 0.717) is 13.2 Å². The van der Waals surface area contributed by atoms with Gasteiger partial charge in [-0.25, -0.2) is 0 Å². The van der Waals surface area contributed by atoms with Crippen molar-refractivity contribution < 1.29 is 14.3 Å². The number of carbonyl (C=O) groups excluding carboxylic acids is 2. The van der Waals surface area contributed by atoms with E-state index in [1.807, 2.05) is 13.8 Å². The Morgan fingerprint density at radius 1 is 1.20 bits per heavy atom. The van der Waals surface area contributed by atoms with Crippen LogP contribution in [0.5, 0.6) is 0 Å². The summed E-state index contributed by atoms with van der Waals surface area (Å²) in [5, 5.41) is 3.03. The molecule has 0 bridgehead atoms. The minimum atomic E-state index is -0.770. The maximum atomic E-state index is 12.9. The highest BCUT2D eigenvalue weighted by Gasteiger charge is 2.54. The molecule has 0 aromatic heterocycles. The van der Waals surface area contributed by atoms with E-state index in [-0.39, 0.29) is 11.8 Å². The fraction of sp³-hybridized carbons (Fsp3) is 0.867. The summed E-state index contributed by atoms with van der Waals surface area (Å²) in [6.07, 6.45) is 5.48. The van der Waals surface area contributed by atoms with Gasteiger partial charge in [0.25, 0.3) is 0 Å². The second-order valence-electron chi connectivity index (χ2n) is 6.46. The number of hydrogen-bond acceptors (Lipinski definition) is 3. The molecule has 2 rings (SSSR count). The van der Waals surface area contributed by atoms with Gasteiger partial charge in [0, 0.05) is 20.3 Å². The lowest BCUT2D eigenvalue weighted by Crippen LogP contribution is -2.74. The largest absolute Gasteiger partial charge is 0.385 e. The Labute approximate surface area is 121 Å². The van der Waals surface area contributed by atoms with E-state index in [1.54, 1.807) is 12.0 Å². The zero-order valence-electron chi connectivity index (χ0n) is 12.8. The van der Waals surface area contributed by atoms with Crippen molar-refractivity contribution in [2.24, 2.45) is 0 Å². The molecule has 0 radical (unpaired) electrons. The zero-order chi connectivity index (χ0) is 14.8. The highest BCUT2D eigenvalue weighted by molar-refractivity contribution is 6.01. The summed E-state index contributed by atoms with van der Waals surface area (Å²) in [5.74, 6) is 0.0642. The average molecular weight is 282 g/mol. The Bertz CT molecular complexity index is 387. The summed E-state index contributed by atoms with van der Waals surface area (Å²) in [4.78, 5) is 27.1. The number of piperazine rings is 1. The molecule has 2 fully saturated rings. The van der Waals surface area contributed by atoms with Crippen molar-refractivity contribution in [1.82, 2.24) is 10.2 Å². The van der Waals surface area contributed by atoms with Crippen LogP contribution in [-0.4, -0.2) is 48.1 Å². The van der Waals surface area contributed by atoms with Crippen molar-refractivity contribution in [3.8, 4) is 0 Å². The van der Waals surface area contributed by atoms with E-state index in [0.717, 1.165) is 38.5 Å². The lowest BCUT2D eigenvalue weighted by Gasteiger charge is -2.51. The van der Waals surface area contributed by atoms with Crippen molar-refractivity contribution in [2.75, 3.05) is 20.3 Å².